The predicted molar refractivity (Wildman–Crippen MR) is 104 cm³/mol. The van der Waals surface area contributed by atoms with E-state index in [0.717, 1.165) is 22.2 Å². The molecule has 0 aromatic heterocycles. The molecule has 0 bridgehead atoms. The van der Waals surface area contributed by atoms with E-state index in [1.165, 1.54) is 5.56 Å². The van der Waals surface area contributed by atoms with Gasteiger partial charge in [0.2, 0.25) is 0 Å². The number of carbonyl (C=O) groups excluding carboxylic acids is 1. The number of ether oxygens (including phenoxy) is 1. The van der Waals surface area contributed by atoms with E-state index in [2.05, 4.69) is 26.1 Å². The van der Waals surface area contributed by atoms with Crippen molar-refractivity contribution in [3.63, 3.8) is 0 Å². The maximum absolute atomic E-state index is 12.6. The summed E-state index contributed by atoms with van der Waals surface area (Å²) in [5, 5.41) is 4.95. The molecule has 0 saturated carbocycles. The van der Waals surface area contributed by atoms with Gasteiger partial charge < -0.3 is 10.1 Å². The molecule has 128 valence electrons. The Balaban J connectivity index is 1.90. The molecule has 0 radical (unpaired) electrons. The predicted octanol–water partition coefficient (Wildman–Crippen LogP) is 5.40. The minimum Gasteiger partial charge on any atom is -0.496 e. The lowest BCUT2D eigenvalue weighted by molar-refractivity contribution is 0.102. The second-order valence-corrected chi connectivity index (χ2v) is 7.14. The molecule has 3 aromatic carbocycles. The lowest BCUT2D eigenvalue weighted by Gasteiger charge is -2.19. The van der Waals surface area contributed by atoms with Crippen molar-refractivity contribution < 1.29 is 9.53 Å². The smallest absolute Gasteiger partial charge is 0.255 e. The fourth-order valence-electron chi connectivity index (χ4n) is 2.87. The van der Waals surface area contributed by atoms with Gasteiger partial charge in [-0.1, -0.05) is 57.2 Å². The van der Waals surface area contributed by atoms with E-state index in [1.54, 1.807) is 7.11 Å². The molecule has 0 aliphatic rings. The van der Waals surface area contributed by atoms with Gasteiger partial charge in [0, 0.05) is 22.0 Å². The van der Waals surface area contributed by atoms with Crippen LogP contribution in [0.4, 0.5) is 5.69 Å². The van der Waals surface area contributed by atoms with Crippen molar-refractivity contribution in [2.45, 2.75) is 26.2 Å². The van der Waals surface area contributed by atoms with Crippen LogP contribution < -0.4 is 10.1 Å². The first-order valence-electron chi connectivity index (χ1n) is 8.38. The van der Waals surface area contributed by atoms with Crippen LogP contribution >= 0.6 is 0 Å². The Hall–Kier alpha value is -2.81. The van der Waals surface area contributed by atoms with Crippen LogP contribution in [0.5, 0.6) is 5.75 Å². The molecule has 3 heteroatoms. The number of methoxy groups -OCH3 is 1. The lowest BCUT2D eigenvalue weighted by atomic mass is 9.86. The van der Waals surface area contributed by atoms with Gasteiger partial charge in [-0.05, 0) is 35.2 Å². The van der Waals surface area contributed by atoms with Crippen LogP contribution in [0.1, 0.15) is 36.7 Å². The number of carbonyl (C=O) groups is 1. The standard InChI is InChI=1S/C22H23NO2/c1-22(2,3)16-11-9-15(10-12-16)21(24)23-19-13-14-20(25-4)18-8-6-5-7-17(18)19/h5-14H,1-4H3,(H,23,24). The number of fused-ring (bicyclic) bond motifs is 1. The molecule has 3 rings (SSSR count). The van der Waals surface area contributed by atoms with Crippen molar-refractivity contribution in [1.82, 2.24) is 0 Å². The highest BCUT2D eigenvalue weighted by molar-refractivity contribution is 6.10. The van der Waals surface area contributed by atoms with Crippen molar-refractivity contribution in [3.8, 4) is 5.75 Å². The van der Waals surface area contributed by atoms with Gasteiger partial charge in [-0.15, -0.1) is 0 Å². The Labute approximate surface area is 148 Å². The zero-order valence-corrected chi connectivity index (χ0v) is 15.1. The molecular weight excluding hydrogens is 310 g/mol. The minimum absolute atomic E-state index is 0.0706. The Morgan fingerprint density at radius 2 is 1.52 bits per heavy atom. The molecule has 3 aromatic rings. The van der Waals surface area contributed by atoms with Gasteiger partial charge in [-0.25, -0.2) is 0 Å². The van der Waals surface area contributed by atoms with Crippen molar-refractivity contribution in [1.29, 1.82) is 0 Å². The first-order chi connectivity index (χ1) is 11.9. The maximum Gasteiger partial charge on any atom is 0.255 e. The minimum atomic E-state index is -0.115. The summed E-state index contributed by atoms with van der Waals surface area (Å²) in [5.74, 6) is 0.680. The molecule has 0 unspecified atom stereocenters. The topological polar surface area (TPSA) is 38.3 Å². The Kier molecular flexibility index (Phi) is 4.49. The molecule has 0 saturated heterocycles. The zero-order valence-electron chi connectivity index (χ0n) is 15.1. The third-order valence-corrected chi connectivity index (χ3v) is 4.37. The first kappa shape index (κ1) is 17.0. The number of hydrogen-bond donors (Lipinski definition) is 1. The number of amides is 1. The Morgan fingerprint density at radius 1 is 0.880 bits per heavy atom. The highest BCUT2D eigenvalue weighted by Gasteiger charge is 2.15. The van der Waals surface area contributed by atoms with Gasteiger partial charge in [0.05, 0.1) is 7.11 Å². The van der Waals surface area contributed by atoms with Crippen LogP contribution in [-0.2, 0) is 5.41 Å². The zero-order chi connectivity index (χ0) is 18.0. The largest absolute Gasteiger partial charge is 0.496 e. The number of nitrogens with one attached hydrogen (secondary N) is 1. The second kappa shape index (κ2) is 6.60. The van der Waals surface area contributed by atoms with E-state index in [0.29, 0.717) is 5.56 Å². The Morgan fingerprint density at radius 3 is 2.12 bits per heavy atom. The Bertz CT molecular complexity index is 905. The van der Waals surface area contributed by atoms with E-state index < -0.39 is 0 Å². The highest BCUT2D eigenvalue weighted by atomic mass is 16.5. The summed E-state index contributed by atoms with van der Waals surface area (Å²) >= 11 is 0. The third kappa shape index (κ3) is 3.50. The van der Waals surface area contributed by atoms with Gasteiger partial charge in [0.25, 0.3) is 5.91 Å². The lowest BCUT2D eigenvalue weighted by Crippen LogP contribution is -2.14. The monoisotopic (exact) mass is 333 g/mol. The highest BCUT2D eigenvalue weighted by Crippen LogP contribution is 2.31. The number of anilines is 1. The van der Waals surface area contributed by atoms with Crippen molar-refractivity contribution in [3.05, 3.63) is 71.8 Å². The molecule has 0 spiro atoms. The molecule has 0 fully saturated rings. The molecule has 25 heavy (non-hydrogen) atoms. The molecular formula is C22H23NO2. The van der Waals surface area contributed by atoms with Gasteiger partial charge in [0.1, 0.15) is 5.75 Å². The first-order valence-corrected chi connectivity index (χ1v) is 8.38. The van der Waals surface area contributed by atoms with E-state index in [4.69, 9.17) is 4.74 Å². The second-order valence-electron chi connectivity index (χ2n) is 7.14. The molecule has 0 aliphatic heterocycles. The number of rotatable bonds is 3. The van der Waals surface area contributed by atoms with E-state index in [-0.39, 0.29) is 11.3 Å². The summed E-state index contributed by atoms with van der Waals surface area (Å²) in [7, 11) is 1.65. The fourth-order valence-corrected chi connectivity index (χ4v) is 2.87. The summed E-state index contributed by atoms with van der Waals surface area (Å²) in [6.07, 6.45) is 0. The van der Waals surface area contributed by atoms with Gasteiger partial charge >= 0.3 is 0 Å². The third-order valence-electron chi connectivity index (χ3n) is 4.37. The maximum atomic E-state index is 12.6. The number of hydrogen-bond acceptors (Lipinski definition) is 2. The van der Waals surface area contributed by atoms with Gasteiger partial charge in [0.15, 0.2) is 0 Å². The summed E-state index contributed by atoms with van der Waals surface area (Å²) < 4.78 is 5.40. The van der Waals surface area contributed by atoms with Crippen LogP contribution in [0.3, 0.4) is 0 Å². The van der Waals surface area contributed by atoms with Gasteiger partial charge in [-0.2, -0.15) is 0 Å². The summed E-state index contributed by atoms with van der Waals surface area (Å²) in [5.41, 5.74) is 2.70. The molecule has 0 aliphatic carbocycles. The molecule has 3 nitrogen and oxygen atoms in total. The van der Waals surface area contributed by atoms with E-state index >= 15 is 0 Å². The fraction of sp³-hybridized carbons (Fsp3) is 0.227. The van der Waals surface area contributed by atoms with Crippen LogP contribution in [0, 0.1) is 0 Å². The van der Waals surface area contributed by atoms with Crippen LogP contribution in [0.2, 0.25) is 0 Å². The normalized spacial score (nSPS) is 11.4. The van der Waals surface area contributed by atoms with Crippen LogP contribution in [0.25, 0.3) is 10.8 Å². The van der Waals surface area contributed by atoms with Crippen LogP contribution in [0.15, 0.2) is 60.7 Å². The molecule has 0 atom stereocenters. The van der Waals surface area contributed by atoms with E-state index in [9.17, 15) is 4.79 Å². The average Bonchev–Trinajstić information content (AvgIpc) is 2.61. The van der Waals surface area contributed by atoms with Gasteiger partial charge in [-0.3, -0.25) is 4.79 Å². The average molecular weight is 333 g/mol. The van der Waals surface area contributed by atoms with E-state index in [1.807, 2.05) is 60.7 Å². The quantitative estimate of drug-likeness (QED) is 0.697. The summed E-state index contributed by atoms with van der Waals surface area (Å²) in [6.45, 7) is 6.47. The molecule has 0 heterocycles. The van der Waals surface area contributed by atoms with Crippen molar-refractivity contribution in [2.75, 3.05) is 12.4 Å². The molecule has 1 N–H and O–H groups in total. The molecule has 1 amide bonds. The van der Waals surface area contributed by atoms with Crippen LogP contribution in [-0.4, -0.2) is 13.0 Å². The summed E-state index contributed by atoms with van der Waals surface area (Å²) in [6, 6.07) is 19.4. The van der Waals surface area contributed by atoms with Crippen molar-refractivity contribution >= 4 is 22.4 Å². The number of benzene rings is 3. The SMILES string of the molecule is COc1ccc(NC(=O)c2ccc(C(C)(C)C)cc2)c2ccccc12. The summed E-state index contributed by atoms with van der Waals surface area (Å²) in [4.78, 5) is 12.6. The van der Waals surface area contributed by atoms with Crippen molar-refractivity contribution in [2.24, 2.45) is 0 Å².